The zero-order valence-electron chi connectivity index (χ0n) is 21.2. The van der Waals surface area contributed by atoms with Crippen molar-refractivity contribution in [2.45, 2.75) is 19.7 Å². The van der Waals surface area contributed by atoms with Gasteiger partial charge in [-0.3, -0.25) is 14.9 Å². The lowest BCUT2D eigenvalue weighted by Crippen LogP contribution is -2.54. The molecular formula is C30H19BrClF3N2O4. The van der Waals surface area contributed by atoms with Crippen molar-refractivity contribution in [2.24, 2.45) is 0 Å². The van der Waals surface area contributed by atoms with Gasteiger partial charge in [0.15, 0.2) is 0 Å². The first-order valence-electron chi connectivity index (χ1n) is 12.1. The minimum absolute atomic E-state index is 0.176. The third-order valence-electron chi connectivity index (χ3n) is 6.53. The van der Waals surface area contributed by atoms with Crippen LogP contribution in [-0.4, -0.2) is 17.8 Å². The Hall–Kier alpha value is -4.15. The topological polar surface area (TPSA) is 75.7 Å². The number of anilines is 1. The molecule has 1 heterocycles. The van der Waals surface area contributed by atoms with Crippen LogP contribution in [0.4, 0.5) is 23.7 Å². The molecule has 1 aliphatic heterocycles. The van der Waals surface area contributed by atoms with Crippen LogP contribution in [0.1, 0.15) is 22.3 Å². The minimum atomic E-state index is -4.76. The van der Waals surface area contributed by atoms with E-state index in [9.17, 15) is 27.6 Å². The first-order chi connectivity index (χ1) is 19.4. The lowest BCUT2D eigenvalue weighted by atomic mass is 10.0. The monoisotopic (exact) mass is 642 g/mol. The van der Waals surface area contributed by atoms with Crippen molar-refractivity contribution in [1.82, 2.24) is 5.32 Å². The number of aryl methyl sites for hydroxylation is 1. The predicted octanol–water partition coefficient (Wildman–Crippen LogP) is 7.83. The number of hydrogen-bond donors (Lipinski definition) is 1. The second-order valence-electron chi connectivity index (χ2n) is 9.17. The number of amides is 4. The van der Waals surface area contributed by atoms with Crippen LogP contribution in [0.25, 0.3) is 16.8 Å². The summed E-state index contributed by atoms with van der Waals surface area (Å²) < 4.78 is 46.8. The summed E-state index contributed by atoms with van der Waals surface area (Å²) >= 11 is 9.45. The Morgan fingerprint density at radius 2 is 1.76 bits per heavy atom. The number of barbiturate groups is 1. The van der Waals surface area contributed by atoms with Crippen LogP contribution >= 0.6 is 27.5 Å². The average molecular weight is 644 g/mol. The first-order valence-corrected chi connectivity index (χ1v) is 13.3. The van der Waals surface area contributed by atoms with Crippen LogP contribution in [0.3, 0.4) is 0 Å². The number of imide groups is 2. The molecule has 41 heavy (non-hydrogen) atoms. The Bertz CT molecular complexity index is 1770. The number of ether oxygens (including phenoxy) is 1. The largest absolute Gasteiger partial charge is 0.488 e. The summed E-state index contributed by atoms with van der Waals surface area (Å²) in [6.07, 6.45) is -3.54. The fraction of sp³-hybridized carbons (Fsp3) is 0.100. The van der Waals surface area contributed by atoms with Gasteiger partial charge in [-0.15, -0.1) is 0 Å². The van der Waals surface area contributed by atoms with Crippen molar-refractivity contribution in [3.63, 3.8) is 0 Å². The first kappa shape index (κ1) is 28.4. The summed E-state index contributed by atoms with van der Waals surface area (Å²) in [4.78, 5) is 39.2. The molecule has 0 bridgehead atoms. The molecule has 208 valence electrons. The van der Waals surface area contributed by atoms with E-state index in [4.69, 9.17) is 16.3 Å². The predicted molar refractivity (Wildman–Crippen MR) is 153 cm³/mol. The van der Waals surface area contributed by atoms with Gasteiger partial charge in [0.05, 0.1) is 16.3 Å². The molecule has 1 N–H and O–H groups in total. The number of rotatable bonds is 5. The van der Waals surface area contributed by atoms with E-state index in [-0.39, 0.29) is 11.6 Å². The van der Waals surface area contributed by atoms with Crippen LogP contribution in [0, 0.1) is 6.92 Å². The summed E-state index contributed by atoms with van der Waals surface area (Å²) in [5.74, 6) is -1.83. The normalized spacial score (nSPS) is 15.0. The molecule has 0 aromatic heterocycles. The van der Waals surface area contributed by atoms with Crippen LogP contribution < -0.4 is 15.0 Å². The maximum Gasteiger partial charge on any atom is 0.416 e. The van der Waals surface area contributed by atoms with Crippen molar-refractivity contribution in [1.29, 1.82) is 0 Å². The number of urea groups is 1. The summed E-state index contributed by atoms with van der Waals surface area (Å²) in [5, 5.41) is 3.77. The molecule has 0 saturated carbocycles. The zero-order chi connectivity index (χ0) is 29.5. The molecule has 11 heteroatoms. The molecule has 0 radical (unpaired) electrons. The van der Waals surface area contributed by atoms with Gasteiger partial charge in [-0.25, -0.2) is 9.69 Å². The standard InChI is InChI=1S/C30H19BrClF3N2O4/c1-16-6-7-17-4-2-3-5-21(17)23(16)15-41-26-11-9-20(31)12-18(26)13-22-27(38)36-29(40)37(28(22)39)25-14-19(30(33,34)35)8-10-24(25)32/h2-14H,15H2,1H3,(H,36,38,40)/b22-13-. The summed E-state index contributed by atoms with van der Waals surface area (Å²) in [5.41, 5.74) is 0.148. The van der Waals surface area contributed by atoms with E-state index >= 15 is 0 Å². The Morgan fingerprint density at radius 1 is 1.00 bits per heavy atom. The molecule has 5 rings (SSSR count). The highest BCUT2D eigenvalue weighted by molar-refractivity contribution is 9.10. The molecule has 1 fully saturated rings. The van der Waals surface area contributed by atoms with E-state index in [1.807, 2.05) is 48.6 Å². The summed E-state index contributed by atoms with van der Waals surface area (Å²) in [7, 11) is 0. The third kappa shape index (κ3) is 5.71. The van der Waals surface area contributed by atoms with Crippen LogP contribution in [0.15, 0.2) is 82.8 Å². The Labute approximate surface area is 245 Å². The lowest BCUT2D eigenvalue weighted by Gasteiger charge is -2.27. The SMILES string of the molecule is Cc1ccc2ccccc2c1COc1ccc(Br)cc1/C=C1/C(=O)NC(=O)N(c2cc(C(F)(F)F)ccc2Cl)C1=O. The quantitative estimate of drug-likeness (QED) is 0.178. The molecule has 0 unspecified atom stereocenters. The van der Waals surface area contributed by atoms with Crippen molar-refractivity contribution in [2.75, 3.05) is 4.90 Å². The molecule has 0 spiro atoms. The average Bonchev–Trinajstić information content (AvgIpc) is 2.91. The van der Waals surface area contributed by atoms with E-state index < -0.39 is 40.8 Å². The highest BCUT2D eigenvalue weighted by Crippen LogP contribution is 2.37. The van der Waals surface area contributed by atoms with Crippen LogP contribution in [0.5, 0.6) is 5.75 Å². The summed E-state index contributed by atoms with van der Waals surface area (Å²) in [6.45, 7) is 2.14. The number of carbonyl (C=O) groups excluding carboxylic acids is 3. The van der Waals surface area contributed by atoms with Crippen molar-refractivity contribution >= 4 is 67.9 Å². The molecule has 4 aromatic rings. The number of fused-ring (bicyclic) bond motifs is 1. The van der Waals surface area contributed by atoms with E-state index in [0.717, 1.165) is 34.0 Å². The molecule has 4 amide bonds. The number of nitrogens with one attached hydrogen (secondary N) is 1. The number of alkyl halides is 3. The zero-order valence-corrected chi connectivity index (χ0v) is 23.5. The molecule has 1 saturated heterocycles. The van der Waals surface area contributed by atoms with Gasteiger partial charge in [0.2, 0.25) is 0 Å². The Morgan fingerprint density at radius 3 is 2.51 bits per heavy atom. The van der Waals surface area contributed by atoms with Gasteiger partial charge in [0, 0.05) is 15.6 Å². The van der Waals surface area contributed by atoms with Gasteiger partial charge in [-0.2, -0.15) is 13.2 Å². The number of carbonyl (C=O) groups is 3. The van der Waals surface area contributed by atoms with Crippen molar-refractivity contribution < 1.29 is 32.3 Å². The number of benzene rings is 4. The van der Waals surface area contributed by atoms with Gasteiger partial charge < -0.3 is 4.74 Å². The number of halogens is 5. The van der Waals surface area contributed by atoms with Crippen molar-refractivity contribution in [3.05, 3.63) is 110 Å². The maximum absolute atomic E-state index is 13.4. The third-order valence-corrected chi connectivity index (χ3v) is 7.35. The second-order valence-corrected chi connectivity index (χ2v) is 10.5. The Balaban J connectivity index is 1.52. The van der Waals surface area contributed by atoms with Gasteiger partial charge in [0.1, 0.15) is 17.9 Å². The number of hydrogen-bond acceptors (Lipinski definition) is 4. The van der Waals surface area contributed by atoms with E-state index in [0.29, 0.717) is 26.8 Å². The van der Waals surface area contributed by atoms with Gasteiger partial charge in [-0.1, -0.05) is 63.9 Å². The van der Waals surface area contributed by atoms with Gasteiger partial charge >= 0.3 is 12.2 Å². The highest BCUT2D eigenvalue weighted by Gasteiger charge is 2.39. The van der Waals surface area contributed by atoms with Gasteiger partial charge in [0.25, 0.3) is 11.8 Å². The fourth-order valence-electron chi connectivity index (χ4n) is 4.44. The maximum atomic E-state index is 13.4. The minimum Gasteiger partial charge on any atom is -0.488 e. The van der Waals surface area contributed by atoms with Crippen LogP contribution in [-0.2, 0) is 22.4 Å². The smallest absolute Gasteiger partial charge is 0.416 e. The molecular weight excluding hydrogens is 625 g/mol. The summed E-state index contributed by atoms with van der Waals surface area (Å²) in [6, 6.07) is 17.8. The van der Waals surface area contributed by atoms with E-state index in [1.54, 1.807) is 18.2 Å². The second kappa shape index (κ2) is 11.0. The Kier molecular flexibility index (Phi) is 7.63. The van der Waals surface area contributed by atoms with Crippen molar-refractivity contribution in [3.8, 4) is 5.75 Å². The fourth-order valence-corrected chi connectivity index (χ4v) is 5.02. The van der Waals surface area contributed by atoms with E-state index in [1.165, 1.54) is 6.08 Å². The van der Waals surface area contributed by atoms with Gasteiger partial charge in [-0.05, 0) is 65.7 Å². The molecule has 0 atom stereocenters. The molecule has 4 aromatic carbocycles. The molecule has 1 aliphatic rings. The van der Waals surface area contributed by atoms with Crippen LogP contribution in [0.2, 0.25) is 5.02 Å². The highest BCUT2D eigenvalue weighted by atomic mass is 79.9. The molecule has 6 nitrogen and oxygen atoms in total. The number of nitrogens with zero attached hydrogens (tertiary/aromatic N) is 1. The lowest BCUT2D eigenvalue weighted by molar-refractivity contribution is -0.137. The molecule has 0 aliphatic carbocycles. The van der Waals surface area contributed by atoms with E-state index in [2.05, 4.69) is 15.9 Å².